The summed E-state index contributed by atoms with van der Waals surface area (Å²) in [5.41, 5.74) is 6.53. The Hall–Kier alpha value is -3.14. The molecule has 0 fully saturated rings. The van der Waals surface area contributed by atoms with Gasteiger partial charge in [0.1, 0.15) is 0 Å². The fourth-order valence-corrected chi connectivity index (χ4v) is 3.01. The summed E-state index contributed by atoms with van der Waals surface area (Å²) in [7, 11) is 0. The van der Waals surface area contributed by atoms with Crippen LogP contribution < -0.4 is 10.7 Å². The number of hydrogen-bond acceptors (Lipinski definition) is 2. The molecule has 0 unspecified atom stereocenters. The van der Waals surface area contributed by atoms with Crippen molar-refractivity contribution in [3.8, 4) is 0 Å². The predicted octanol–water partition coefficient (Wildman–Crippen LogP) is 6.83. The largest absolute Gasteiger partial charge is 0.355 e. The third-order valence-electron chi connectivity index (χ3n) is 4.50. The van der Waals surface area contributed by atoms with E-state index in [0.29, 0.717) is 0 Å². The standard InChI is InChI=1S/C21H20N4.4C2H6/c1-14(18-5-3-11-22-18)20-9-7-16(24-20)13-17-8-10-21(25-17)15(2)19-6-4-12-23-19;4*1-2/h3-11,13,24-25H,12H2,1-2H3;4*1-2H3/b17-13-,18-14-,21-15?;;;;. The van der Waals surface area contributed by atoms with Crippen LogP contribution in [-0.4, -0.2) is 28.4 Å². The van der Waals surface area contributed by atoms with Crippen LogP contribution in [0.3, 0.4) is 0 Å². The van der Waals surface area contributed by atoms with Crippen LogP contribution in [0.2, 0.25) is 0 Å². The van der Waals surface area contributed by atoms with Gasteiger partial charge < -0.3 is 9.97 Å². The molecule has 0 bridgehead atoms. The Labute approximate surface area is 201 Å². The first-order valence-electron chi connectivity index (χ1n) is 12.4. The Morgan fingerprint density at radius 3 is 2.09 bits per heavy atom. The van der Waals surface area contributed by atoms with E-state index in [0.717, 1.165) is 45.6 Å². The molecule has 4 rings (SSSR count). The molecule has 2 aliphatic rings. The number of aromatic nitrogens is 2. The Morgan fingerprint density at radius 1 is 0.818 bits per heavy atom. The van der Waals surface area contributed by atoms with Gasteiger partial charge >= 0.3 is 0 Å². The average Bonchev–Trinajstić information content (AvgIpc) is 3.71. The van der Waals surface area contributed by atoms with E-state index in [2.05, 4.69) is 76.3 Å². The number of aromatic amines is 2. The van der Waals surface area contributed by atoms with Crippen LogP contribution in [0.15, 0.2) is 64.3 Å². The summed E-state index contributed by atoms with van der Waals surface area (Å²) in [5, 5.41) is 2.17. The van der Waals surface area contributed by atoms with Crippen LogP contribution >= 0.6 is 0 Å². The van der Waals surface area contributed by atoms with Gasteiger partial charge in [-0.2, -0.15) is 0 Å². The number of rotatable bonds is 3. The quantitative estimate of drug-likeness (QED) is 0.517. The molecule has 2 aromatic rings. The fourth-order valence-electron chi connectivity index (χ4n) is 3.01. The van der Waals surface area contributed by atoms with E-state index in [1.807, 2.05) is 73.8 Å². The number of allylic oxidation sites excluding steroid dienone is 4. The zero-order valence-electron chi connectivity index (χ0n) is 22.4. The average molecular weight is 449 g/mol. The zero-order valence-corrected chi connectivity index (χ0v) is 22.4. The Balaban J connectivity index is 0.00000116. The lowest BCUT2D eigenvalue weighted by Gasteiger charge is -1.99. The van der Waals surface area contributed by atoms with Crippen molar-refractivity contribution in [1.29, 1.82) is 0 Å². The highest BCUT2D eigenvalue weighted by molar-refractivity contribution is 6.24. The van der Waals surface area contributed by atoms with Crippen molar-refractivity contribution in [1.82, 2.24) is 9.97 Å². The summed E-state index contributed by atoms with van der Waals surface area (Å²) in [4.78, 5) is 15.7. The lowest BCUT2D eigenvalue weighted by molar-refractivity contribution is 1.24. The molecule has 180 valence electrons. The number of nitrogens with zero attached hydrogens (tertiary/aromatic N) is 2. The normalized spacial score (nSPS) is 15.7. The third kappa shape index (κ3) is 8.72. The van der Waals surface area contributed by atoms with Gasteiger partial charge in [0.15, 0.2) is 0 Å². The van der Waals surface area contributed by atoms with E-state index in [9.17, 15) is 0 Å². The lowest BCUT2D eigenvalue weighted by atomic mass is 10.2. The maximum atomic E-state index is 4.48. The Kier molecular flexibility index (Phi) is 15.8. The van der Waals surface area contributed by atoms with Crippen molar-refractivity contribution in [3.63, 3.8) is 0 Å². The van der Waals surface area contributed by atoms with Gasteiger partial charge in [0.25, 0.3) is 0 Å². The maximum absolute atomic E-state index is 4.48. The van der Waals surface area contributed by atoms with Crippen molar-refractivity contribution in [2.24, 2.45) is 9.98 Å². The van der Waals surface area contributed by atoms with Crippen LogP contribution in [0.1, 0.15) is 80.6 Å². The van der Waals surface area contributed by atoms with Crippen LogP contribution in [0, 0.1) is 0 Å². The van der Waals surface area contributed by atoms with Crippen molar-refractivity contribution < 1.29 is 0 Å². The number of hydrogen-bond donors (Lipinski definition) is 2. The number of nitrogens with one attached hydrogen (secondary N) is 2. The summed E-state index contributed by atoms with van der Waals surface area (Å²) in [6, 6.07) is 8.37. The van der Waals surface area contributed by atoms with Gasteiger partial charge in [-0.3, -0.25) is 9.98 Å². The van der Waals surface area contributed by atoms with Gasteiger partial charge in [-0.15, -0.1) is 0 Å². The SMILES string of the molecule is CC.CC.CC.CC.CC(C1=NCC=C1)=c1cc/c(=C/c2ccc(/C(C)=C3/C=CC=N3)[nH]2)[nH]1. The predicted molar refractivity (Wildman–Crippen MR) is 151 cm³/mol. The van der Waals surface area contributed by atoms with Crippen LogP contribution in [-0.2, 0) is 0 Å². The number of aliphatic imine (C=N–C) groups is 2. The van der Waals surface area contributed by atoms with Crippen LogP contribution in [0.25, 0.3) is 17.2 Å². The first-order chi connectivity index (χ1) is 16.2. The second kappa shape index (κ2) is 17.4. The molecule has 0 saturated carbocycles. The van der Waals surface area contributed by atoms with Gasteiger partial charge in [0, 0.05) is 28.3 Å². The second-order valence-corrected chi connectivity index (χ2v) is 6.20. The molecule has 4 heteroatoms. The van der Waals surface area contributed by atoms with E-state index in [1.54, 1.807) is 0 Å². The van der Waals surface area contributed by atoms with Gasteiger partial charge in [0.05, 0.1) is 18.0 Å². The molecular formula is C29H44N4. The summed E-state index contributed by atoms with van der Waals surface area (Å²) in [6.07, 6.45) is 12.1. The number of H-pyrrole nitrogens is 2. The van der Waals surface area contributed by atoms with Crippen molar-refractivity contribution in [2.45, 2.75) is 69.2 Å². The molecule has 0 radical (unpaired) electrons. The Bertz CT molecular complexity index is 1070. The van der Waals surface area contributed by atoms with Gasteiger partial charge in [-0.05, 0) is 73.6 Å². The maximum Gasteiger partial charge on any atom is 0.0680 e. The van der Waals surface area contributed by atoms with E-state index in [1.165, 1.54) is 5.57 Å². The van der Waals surface area contributed by atoms with Gasteiger partial charge in [-0.25, -0.2) is 0 Å². The highest BCUT2D eigenvalue weighted by atomic mass is 14.8. The van der Waals surface area contributed by atoms with E-state index < -0.39 is 0 Å². The summed E-state index contributed by atoms with van der Waals surface area (Å²) in [6.45, 7) is 21.0. The minimum absolute atomic E-state index is 0.783. The van der Waals surface area contributed by atoms with Crippen molar-refractivity contribution in [3.05, 3.63) is 76.4 Å². The molecule has 4 nitrogen and oxygen atoms in total. The molecule has 0 atom stereocenters. The first-order valence-corrected chi connectivity index (χ1v) is 12.4. The van der Waals surface area contributed by atoms with Gasteiger partial charge in [0.2, 0.25) is 0 Å². The molecule has 33 heavy (non-hydrogen) atoms. The highest BCUT2D eigenvalue weighted by Crippen LogP contribution is 2.21. The van der Waals surface area contributed by atoms with Crippen LogP contribution in [0.5, 0.6) is 0 Å². The molecular weight excluding hydrogens is 404 g/mol. The molecule has 2 aromatic heterocycles. The van der Waals surface area contributed by atoms with Crippen LogP contribution in [0.4, 0.5) is 0 Å². The highest BCUT2D eigenvalue weighted by Gasteiger charge is 2.06. The van der Waals surface area contributed by atoms with Crippen molar-refractivity contribution >= 4 is 29.1 Å². The minimum Gasteiger partial charge on any atom is -0.355 e. The molecule has 2 N–H and O–H groups in total. The monoisotopic (exact) mass is 448 g/mol. The van der Waals surface area contributed by atoms with E-state index >= 15 is 0 Å². The first kappa shape index (κ1) is 29.9. The summed E-state index contributed by atoms with van der Waals surface area (Å²) >= 11 is 0. The fraction of sp³-hybridized carbons (Fsp3) is 0.379. The molecule has 4 heterocycles. The minimum atomic E-state index is 0.783. The molecule has 0 amide bonds. The molecule has 0 spiro atoms. The van der Waals surface area contributed by atoms with E-state index in [4.69, 9.17) is 0 Å². The Morgan fingerprint density at radius 2 is 1.52 bits per heavy atom. The second-order valence-electron chi connectivity index (χ2n) is 6.20. The molecule has 0 aliphatic carbocycles. The lowest BCUT2D eigenvalue weighted by Crippen LogP contribution is -2.15. The smallest absolute Gasteiger partial charge is 0.0680 e. The third-order valence-corrected chi connectivity index (χ3v) is 4.50. The molecule has 0 aromatic carbocycles. The zero-order chi connectivity index (χ0) is 25.2. The van der Waals surface area contributed by atoms with E-state index in [-0.39, 0.29) is 0 Å². The summed E-state index contributed by atoms with van der Waals surface area (Å²) < 4.78 is 0. The van der Waals surface area contributed by atoms with Gasteiger partial charge in [-0.1, -0.05) is 61.5 Å². The molecule has 2 aliphatic heterocycles. The van der Waals surface area contributed by atoms with Crippen molar-refractivity contribution in [2.75, 3.05) is 6.54 Å². The molecule has 0 saturated heterocycles. The summed E-state index contributed by atoms with van der Waals surface area (Å²) in [5.74, 6) is 0. The topological polar surface area (TPSA) is 56.3 Å².